The number of benzene rings is 2. The van der Waals surface area contributed by atoms with Crippen LogP contribution in [-0.2, 0) is 17.0 Å². The molecule has 0 spiro atoms. The maximum Gasteiger partial charge on any atom is 0.307 e. The summed E-state index contributed by atoms with van der Waals surface area (Å²) in [7, 11) is 0. The Morgan fingerprint density at radius 1 is 1.12 bits per heavy atom. The van der Waals surface area contributed by atoms with Gasteiger partial charge in [-0.2, -0.15) is 0 Å². The lowest BCUT2D eigenvalue weighted by atomic mass is 10.1. The SMILES string of the molecule is O=C(O)Cc1cccc(Oc2ccc(Br)cc2CSc2ccccn2)c1. The van der Waals surface area contributed by atoms with Gasteiger partial charge >= 0.3 is 5.97 Å². The predicted molar refractivity (Wildman–Crippen MR) is 106 cm³/mol. The highest BCUT2D eigenvalue weighted by Crippen LogP contribution is 2.32. The molecular formula is C20H16BrNO3S. The third kappa shape index (κ3) is 5.34. The van der Waals surface area contributed by atoms with Crippen molar-refractivity contribution in [2.45, 2.75) is 17.2 Å². The molecule has 0 aliphatic heterocycles. The van der Waals surface area contributed by atoms with E-state index in [9.17, 15) is 4.79 Å². The minimum absolute atomic E-state index is 0.0279. The molecule has 132 valence electrons. The second-order valence-corrected chi connectivity index (χ2v) is 7.44. The summed E-state index contributed by atoms with van der Waals surface area (Å²) in [4.78, 5) is 15.2. The van der Waals surface area contributed by atoms with Gasteiger partial charge in [0.25, 0.3) is 0 Å². The Hall–Kier alpha value is -2.31. The number of hydrogen-bond donors (Lipinski definition) is 1. The van der Waals surface area contributed by atoms with Gasteiger partial charge in [-0.3, -0.25) is 4.79 Å². The third-order valence-corrected chi connectivity index (χ3v) is 5.00. The second kappa shape index (κ2) is 8.87. The molecule has 0 fully saturated rings. The number of carboxylic acid groups (broad SMARTS) is 1. The molecule has 0 aliphatic carbocycles. The fourth-order valence-corrected chi connectivity index (χ4v) is 3.61. The van der Waals surface area contributed by atoms with Gasteiger partial charge in [0.1, 0.15) is 11.5 Å². The van der Waals surface area contributed by atoms with E-state index in [0.29, 0.717) is 17.1 Å². The Bertz CT molecular complexity index is 903. The van der Waals surface area contributed by atoms with E-state index in [-0.39, 0.29) is 6.42 Å². The van der Waals surface area contributed by atoms with Crippen LogP contribution >= 0.6 is 27.7 Å². The molecule has 2 aromatic carbocycles. The number of carbonyl (C=O) groups is 1. The number of halogens is 1. The van der Waals surface area contributed by atoms with E-state index in [1.54, 1.807) is 36.2 Å². The van der Waals surface area contributed by atoms with Gasteiger partial charge in [0, 0.05) is 22.0 Å². The molecule has 1 N–H and O–H groups in total. The fourth-order valence-electron chi connectivity index (χ4n) is 2.37. The number of ether oxygens (including phenoxy) is 1. The molecule has 0 atom stereocenters. The first-order chi connectivity index (χ1) is 12.6. The monoisotopic (exact) mass is 429 g/mol. The quantitative estimate of drug-likeness (QED) is 0.498. The summed E-state index contributed by atoms with van der Waals surface area (Å²) < 4.78 is 7.00. The summed E-state index contributed by atoms with van der Waals surface area (Å²) in [5.41, 5.74) is 1.73. The number of aromatic nitrogens is 1. The first-order valence-corrected chi connectivity index (χ1v) is 9.69. The van der Waals surface area contributed by atoms with Crippen LogP contribution in [0.2, 0.25) is 0 Å². The van der Waals surface area contributed by atoms with Crippen LogP contribution in [0.25, 0.3) is 0 Å². The third-order valence-electron chi connectivity index (χ3n) is 3.52. The summed E-state index contributed by atoms with van der Waals surface area (Å²) in [5, 5.41) is 9.89. The molecule has 0 unspecified atom stereocenters. The molecule has 26 heavy (non-hydrogen) atoms. The van der Waals surface area contributed by atoms with Crippen molar-refractivity contribution in [3.8, 4) is 11.5 Å². The average Bonchev–Trinajstić information content (AvgIpc) is 2.62. The normalized spacial score (nSPS) is 10.5. The van der Waals surface area contributed by atoms with Gasteiger partial charge in [-0.25, -0.2) is 4.98 Å². The van der Waals surface area contributed by atoms with Gasteiger partial charge in [-0.15, -0.1) is 11.8 Å². The lowest BCUT2D eigenvalue weighted by Gasteiger charge is -2.12. The van der Waals surface area contributed by atoms with E-state index in [1.807, 2.05) is 42.5 Å². The van der Waals surface area contributed by atoms with Gasteiger partial charge < -0.3 is 9.84 Å². The average molecular weight is 430 g/mol. The number of rotatable bonds is 7. The first-order valence-electron chi connectivity index (χ1n) is 7.91. The Kier molecular flexibility index (Phi) is 6.30. The summed E-state index contributed by atoms with van der Waals surface area (Å²) in [6.45, 7) is 0. The lowest BCUT2D eigenvalue weighted by Crippen LogP contribution is -2.00. The molecule has 0 saturated heterocycles. The smallest absolute Gasteiger partial charge is 0.307 e. The van der Waals surface area contributed by atoms with Gasteiger partial charge in [0.15, 0.2) is 0 Å². The molecule has 1 heterocycles. The van der Waals surface area contributed by atoms with Gasteiger partial charge in [-0.05, 0) is 48.0 Å². The largest absolute Gasteiger partial charge is 0.481 e. The fraction of sp³-hybridized carbons (Fsp3) is 0.100. The van der Waals surface area contributed by atoms with Crippen molar-refractivity contribution in [3.05, 3.63) is 82.5 Å². The standard InChI is InChI=1S/C20H16BrNO3S/c21-16-7-8-18(15(12-16)13-26-19-6-1-2-9-22-19)25-17-5-3-4-14(10-17)11-20(23)24/h1-10,12H,11,13H2,(H,23,24). The zero-order valence-electron chi connectivity index (χ0n) is 13.8. The van der Waals surface area contributed by atoms with Gasteiger partial charge in [0.2, 0.25) is 0 Å². The topological polar surface area (TPSA) is 59.4 Å². The van der Waals surface area contributed by atoms with Crippen LogP contribution < -0.4 is 4.74 Å². The number of carboxylic acids is 1. The molecule has 0 saturated carbocycles. The number of thioether (sulfide) groups is 1. The van der Waals surface area contributed by atoms with Crippen LogP contribution in [0.1, 0.15) is 11.1 Å². The maximum absolute atomic E-state index is 10.9. The Balaban J connectivity index is 1.78. The summed E-state index contributed by atoms with van der Waals surface area (Å²) in [6, 6.07) is 18.8. The molecule has 3 aromatic rings. The van der Waals surface area contributed by atoms with Crippen LogP contribution in [0.15, 0.2) is 76.4 Å². The molecule has 0 bridgehead atoms. The number of nitrogens with zero attached hydrogens (tertiary/aromatic N) is 1. The van der Waals surface area contributed by atoms with Crippen LogP contribution in [0.5, 0.6) is 11.5 Å². The second-order valence-electron chi connectivity index (χ2n) is 5.53. The summed E-state index contributed by atoms with van der Waals surface area (Å²) in [6.07, 6.45) is 1.74. The minimum Gasteiger partial charge on any atom is -0.481 e. The molecule has 6 heteroatoms. The predicted octanol–water partition coefficient (Wildman–Crippen LogP) is 5.56. The van der Waals surface area contributed by atoms with Crippen molar-refractivity contribution < 1.29 is 14.6 Å². The zero-order valence-corrected chi connectivity index (χ0v) is 16.2. The Morgan fingerprint density at radius 2 is 2.00 bits per heavy atom. The Labute approximate surface area is 164 Å². The first kappa shape index (κ1) is 18.5. The minimum atomic E-state index is -0.863. The van der Waals surface area contributed by atoms with Crippen LogP contribution in [0, 0.1) is 0 Å². The van der Waals surface area contributed by atoms with Crippen molar-refractivity contribution in [2.24, 2.45) is 0 Å². The highest BCUT2D eigenvalue weighted by atomic mass is 79.9. The number of aliphatic carboxylic acids is 1. The maximum atomic E-state index is 10.9. The lowest BCUT2D eigenvalue weighted by molar-refractivity contribution is -0.136. The van der Waals surface area contributed by atoms with Gasteiger partial charge in [0.05, 0.1) is 11.4 Å². The molecular weight excluding hydrogens is 414 g/mol. The van der Waals surface area contributed by atoms with E-state index in [0.717, 1.165) is 20.8 Å². The van der Waals surface area contributed by atoms with Crippen LogP contribution in [0.4, 0.5) is 0 Å². The van der Waals surface area contributed by atoms with E-state index < -0.39 is 5.97 Å². The molecule has 3 rings (SSSR count). The molecule has 0 aliphatic rings. The number of pyridine rings is 1. The molecule has 4 nitrogen and oxygen atoms in total. The van der Waals surface area contributed by atoms with Crippen LogP contribution in [0.3, 0.4) is 0 Å². The summed E-state index contributed by atoms with van der Waals surface area (Å²) >= 11 is 5.13. The molecule has 0 amide bonds. The van der Waals surface area contributed by atoms with Crippen molar-refractivity contribution >= 4 is 33.7 Å². The molecule has 1 aromatic heterocycles. The summed E-state index contributed by atoms with van der Waals surface area (Å²) in [5.74, 6) is 1.21. The van der Waals surface area contributed by atoms with Crippen LogP contribution in [-0.4, -0.2) is 16.1 Å². The van der Waals surface area contributed by atoms with E-state index in [4.69, 9.17) is 9.84 Å². The van der Waals surface area contributed by atoms with Crippen molar-refractivity contribution in [1.82, 2.24) is 4.98 Å². The zero-order chi connectivity index (χ0) is 18.4. The van der Waals surface area contributed by atoms with Crippen molar-refractivity contribution in [2.75, 3.05) is 0 Å². The van der Waals surface area contributed by atoms with E-state index >= 15 is 0 Å². The van der Waals surface area contributed by atoms with E-state index in [1.165, 1.54) is 0 Å². The number of hydrogen-bond acceptors (Lipinski definition) is 4. The highest BCUT2D eigenvalue weighted by molar-refractivity contribution is 9.10. The van der Waals surface area contributed by atoms with Crippen molar-refractivity contribution in [3.63, 3.8) is 0 Å². The highest BCUT2D eigenvalue weighted by Gasteiger charge is 2.09. The van der Waals surface area contributed by atoms with Crippen molar-refractivity contribution in [1.29, 1.82) is 0 Å². The molecule has 0 radical (unpaired) electrons. The Morgan fingerprint density at radius 3 is 2.77 bits per heavy atom. The van der Waals surface area contributed by atoms with Gasteiger partial charge in [-0.1, -0.05) is 34.1 Å². The van der Waals surface area contributed by atoms with E-state index in [2.05, 4.69) is 20.9 Å².